The summed E-state index contributed by atoms with van der Waals surface area (Å²) in [5, 5.41) is 1.03. The molecule has 0 aromatic carbocycles. The number of aromatic nitrogens is 3. The van der Waals surface area contributed by atoms with Crippen molar-refractivity contribution in [3.05, 3.63) is 36.5 Å². The molecule has 2 aromatic rings. The van der Waals surface area contributed by atoms with Gasteiger partial charge in [0.25, 0.3) is 0 Å². The van der Waals surface area contributed by atoms with Gasteiger partial charge in [-0.1, -0.05) is 0 Å². The molecular weight excluding hydrogens is 215 g/mol. The van der Waals surface area contributed by atoms with Crippen LogP contribution in [0.1, 0.15) is 0 Å². The minimum Gasteiger partial charge on any atom is -0.397 e. The topological polar surface area (TPSA) is 64.7 Å². The number of nitrogens with zero attached hydrogens (tertiary/aromatic N) is 3. The van der Waals surface area contributed by atoms with Gasteiger partial charge < -0.3 is 5.73 Å². The Bertz CT molecular complexity index is 460. The summed E-state index contributed by atoms with van der Waals surface area (Å²) >= 11 is 1.20. The summed E-state index contributed by atoms with van der Waals surface area (Å²) in [7, 11) is 0. The Kier molecular flexibility index (Phi) is 2.77. The summed E-state index contributed by atoms with van der Waals surface area (Å²) in [5.41, 5.74) is 6.24. The fourth-order valence-electron chi connectivity index (χ4n) is 0.928. The molecule has 15 heavy (non-hydrogen) atoms. The average Bonchev–Trinajstić information content (AvgIpc) is 2.25. The van der Waals surface area contributed by atoms with Crippen molar-refractivity contribution in [3.8, 4) is 0 Å². The number of nitrogens with two attached hydrogens (primary N) is 1. The third-order valence-electron chi connectivity index (χ3n) is 1.59. The molecule has 0 spiro atoms. The van der Waals surface area contributed by atoms with Crippen LogP contribution in [-0.2, 0) is 0 Å². The first-order valence-electron chi connectivity index (χ1n) is 4.11. The maximum absolute atomic E-state index is 12.5. The van der Waals surface area contributed by atoms with Gasteiger partial charge in [-0.2, -0.15) is 0 Å². The zero-order valence-corrected chi connectivity index (χ0v) is 8.41. The summed E-state index contributed by atoms with van der Waals surface area (Å²) in [5.74, 6) is -0.464. The molecule has 0 fully saturated rings. The smallest absolute Gasteiger partial charge is 0.194 e. The second-order valence-corrected chi connectivity index (χ2v) is 3.64. The Morgan fingerprint density at radius 2 is 1.93 bits per heavy atom. The molecule has 0 aliphatic rings. The molecular formula is C9H7FN4S. The van der Waals surface area contributed by atoms with E-state index in [1.165, 1.54) is 11.8 Å². The average molecular weight is 222 g/mol. The van der Waals surface area contributed by atoms with Crippen molar-refractivity contribution in [2.24, 2.45) is 0 Å². The molecule has 6 heteroatoms. The second kappa shape index (κ2) is 4.22. The summed E-state index contributed by atoms with van der Waals surface area (Å²) in [4.78, 5) is 11.7. The van der Waals surface area contributed by atoms with Gasteiger partial charge in [-0.15, -0.1) is 0 Å². The van der Waals surface area contributed by atoms with Crippen LogP contribution in [0, 0.1) is 5.82 Å². The van der Waals surface area contributed by atoms with Crippen LogP contribution in [-0.4, -0.2) is 15.0 Å². The van der Waals surface area contributed by atoms with E-state index < -0.39 is 5.82 Å². The van der Waals surface area contributed by atoms with Crippen LogP contribution in [0.4, 0.5) is 10.1 Å². The fourth-order valence-corrected chi connectivity index (χ4v) is 1.61. The highest BCUT2D eigenvalue weighted by Crippen LogP contribution is 2.26. The zero-order valence-electron chi connectivity index (χ0n) is 7.59. The van der Waals surface area contributed by atoms with E-state index in [-0.39, 0.29) is 0 Å². The second-order valence-electron chi connectivity index (χ2n) is 2.68. The molecule has 2 heterocycles. The number of hydrogen-bond acceptors (Lipinski definition) is 5. The third kappa shape index (κ3) is 2.41. The summed E-state index contributed by atoms with van der Waals surface area (Å²) in [6.07, 6.45) is 3.84. The first-order valence-corrected chi connectivity index (χ1v) is 4.93. The fraction of sp³-hybridized carbons (Fsp3) is 0. The van der Waals surface area contributed by atoms with Gasteiger partial charge in [0.15, 0.2) is 11.0 Å². The molecule has 0 unspecified atom stereocenters. The molecule has 2 rings (SSSR count). The lowest BCUT2D eigenvalue weighted by atomic mass is 10.4. The first-order chi connectivity index (χ1) is 7.25. The van der Waals surface area contributed by atoms with Crippen LogP contribution in [0.2, 0.25) is 0 Å². The van der Waals surface area contributed by atoms with Crippen LogP contribution in [0.25, 0.3) is 0 Å². The summed E-state index contributed by atoms with van der Waals surface area (Å²) in [6.45, 7) is 0. The van der Waals surface area contributed by atoms with Crippen molar-refractivity contribution in [2.45, 2.75) is 10.2 Å². The minimum atomic E-state index is -0.464. The number of anilines is 1. The lowest BCUT2D eigenvalue weighted by Crippen LogP contribution is -1.93. The summed E-state index contributed by atoms with van der Waals surface area (Å²) in [6, 6.07) is 3.48. The zero-order chi connectivity index (χ0) is 10.7. The predicted octanol–water partition coefficient (Wildman–Crippen LogP) is 1.74. The number of nitrogen functional groups attached to an aromatic ring is 1. The molecule has 2 N–H and O–H groups in total. The number of pyridine rings is 1. The first kappa shape index (κ1) is 9.85. The highest BCUT2D eigenvalue weighted by Gasteiger charge is 2.04. The normalized spacial score (nSPS) is 10.2. The van der Waals surface area contributed by atoms with Crippen LogP contribution < -0.4 is 5.73 Å². The molecule has 0 aliphatic heterocycles. The number of halogens is 1. The summed E-state index contributed by atoms with van der Waals surface area (Å²) < 4.78 is 12.5. The Balaban J connectivity index is 2.22. The third-order valence-corrected chi connectivity index (χ3v) is 2.51. The van der Waals surface area contributed by atoms with E-state index >= 15 is 0 Å². The standard InChI is InChI=1S/C9H7FN4S/c10-6-4-13-9(14-5-6)15-8-7(11)2-1-3-12-8/h1-5H,11H2. The lowest BCUT2D eigenvalue weighted by molar-refractivity contribution is 0.605. The van der Waals surface area contributed by atoms with Gasteiger partial charge in [0, 0.05) is 6.20 Å². The monoisotopic (exact) mass is 222 g/mol. The van der Waals surface area contributed by atoms with Gasteiger partial charge in [0.05, 0.1) is 18.1 Å². The lowest BCUT2D eigenvalue weighted by Gasteiger charge is -2.01. The van der Waals surface area contributed by atoms with E-state index in [0.717, 1.165) is 12.4 Å². The van der Waals surface area contributed by atoms with E-state index in [1.54, 1.807) is 18.3 Å². The van der Waals surface area contributed by atoms with Crippen LogP contribution in [0.5, 0.6) is 0 Å². The molecule has 0 amide bonds. The molecule has 76 valence electrons. The van der Waals surface area contributed by atoms with Crippen molar-refractivity contribution >= 4 is 17.4 Å². The van der Waals surface area contributed by atoms with Gasteiger partial charge in [-0.25, -0.2) is 19.3 Å². The Hall–Kier alpha value is -1.69. The minimum absolute atomic E-state index is 0.418. The SMILES string of the molecule is Nc1cccnc1Sc1ncc(F)cn1. The molecule has 0 atom stereocenters. The highest BCUT2D eigenvalue weighted by atomic mass is 32.2. The predicted molar refractivity (Wildman–Crippen MR) is 54.8 cm³/mol. The van der Waals surface area contributed by atoms with Gasteiger partial charge in [-0.05, 0) is 23.9 Å². The molecule has 4 nitrogen and oxygen atoms in total. The Morgan fingerprint density at radius 3 is 2.60 bits per heavy atom. The van der Waals surface area contributed by atoms with E-state index in [2.05, 4.69) is 15.0 Å². The maximum atomic E-state index is 12.5. The maximum Gasteiger partial charge on any atom is 0.194 e. The van der Waals surface area contributed by atoms with Gasteiger partial charge >= 0.3 is 0 Å². The van der Waals surface area contributed by atoms with E-state index in [9.17, 15) is 4.39 Å². The number of rotatable bonds is 2. The van der Waals surface area contributed by atoms with Gasteiger partial charge in [0.1, 0.15) is 5.03 Å². The van der Waals surface area contributed by atoms with Crippen LogP contribution in [0.3, 0.4) is 0 Å². The van der Waals surface area contributed by atoms with Crippen molar-refractivity contribution in [3.63, 3.8) is 0 Å². The van der Waals surface area contributed by atoms with E-state index in [0.29, 0.717) is 15.9 Å². The van der Waals surface area contributed by atoms with Crippen molar-refractivity contribution in [1.29, 1.82) is 0 Å². The van der Waals surface area contributed by atoms with Crippen molar-refractivity contribution in [2.75, 3.05) is 5.73 Å². The number of hydrogen-bond donors (Lipinski definition) is 1. The molecule has 0 saturated carbocycles. The van der Waals surface area contributed by atoms with Crippen molar-refractivity contribution < 1.29 is 4.39 Å². The van der Waals surface area contributed by atoms with Crippen LogP contribution >= 0.6 is 11.8 Å². The van der Waals surface area contributed by atoms with Gasteiger partial charge in [-0.3, -0.25) is 0 Å². The Labute approximate surface area is 89.8 Å². The molecule has 0 radical (unpaired) electrons. The molecule has 0 saturated heterocycles. The quantitative estimate of drug-likeness (QED) is 0.784. The highest BCUT2D eigenvalue weighted by molar-refractivity contribution is 7.99. The van der Waals surface area contributed by atoms with E-state index in [4.69, 9.17) is 5.73 Å². The molecule has 0 aliphatic carbocycles. The Morgan fingerprint density at radius 1 is 1.20 bits per heavy atom. The van der Waals surface area contributed by atoms with E-state index in [1.807, 2.05) is 0 Å². The molecule has 0 bridgehead atoms. The molecule has 2 aromatic heterocycles. The van der Waals surface area contributed by atoms with Crippen LogP contribution in [0.15, 0.2) is 40.9 Å². The van der Waals surface area contributed by atoms with Crippen molar-refractivity contribution in [1.82, 2.24) is 15.0 Å². The van der Waals surface area contributed by atoms with Gasteiger partial charge in [0.2, 0.25) is 0 Å². The largest absolute Gasteiger partial charge is 0.397 e.